The summed E-state index contributed by atoms with van der Waals surface area (Å²) in [6.07, 6.45) is 4.06. The van der Waals surface area contributed by atoms with Crippen molar-refractivity contribution < 1.29 is 19.1 Å². The lowest BCUT2D eigenvalue weighted by atomic mass is 9.86. The minimum Gasteiger partial charge on any atom is -0.444 e. The van der Waals surface area contributed by atoms with Gasteiger partial charge in [0.15, 0.2) is 0 Å². The van der Waals surface area contributed by atoms with Crippen molar-refractivity contribution in [1.82, 2.24) is 16.0 Å². The van der Waals surface area contributed by atoms with Crippen molar-refractivity contribution in [2.45, 2.75) is 85.3 Å². The van der Waals surface area contributed by atoms with E-state index < -0.39 is 29.1 Å². The molecule has 154 valence electrons. The topological polar surface area (TPSA) is 96.5 Å². The maximum Gasteiger partial charge on any atom is 0.408 e. The number of amides is 3. The van der Waals surface area contributed by atoms with Gasteiger partial charge in [-0.2, -0.15) is 0 Å². The molecule has 1 saturated carbocycles. The number of likely N-dealkylation sites (N-methyl/N-ethyl adjacent to an activating group) is 1. The third-order valence-electron chi connectivity index (χ3n) is 4.30. The van der Waals surface area contributed by atoms with Gasteiger partial charge < -0.3 is 20.7 Å². The van der Waals surface area contributed by atoms with Crippen LogP contribution in [0.5, 0.6) is 0 Å². The maximum absolute atomic E-state index is 13.0. The van der Waals surface area contributed by atoms with Crippen molar-refractivity contribution in [3.8, 4) is 0 Å². The molecule has 0 spiro atoms. The normalized spacial score (nSPS) is 16.2. The van der Waals surface area contributed by atoms with Gasteiger partial charge in [0, 0.05) is 7.05 Å². The Morgan fingerprint density at radius 2 is 1.52 bits per heavy atom. The van der Waals surface area contributed by atoms with E-state index in [1.54, 1.807) is 20.8 Å². The summed E-state index contributed by atoms with van der Waals surface area (Å²) in [6.45, 7) is 10.8. The number of hydrogen-bond donors (Lipinski definition) is 3. The molecule has 7 heteroatoms. The molecule has 7 nitrogen and oxygen atoms in total. The highest BCUT2D eigenvalue weighted by Crippen LogP contribution is 2.26. The number of allylic oxidation sites excluding steroid dienone is 1. The minimum atomic E-state index is -0.851. The second kappa shape index (κ2) is 9.24. The molecule has 0 aromatic carbocycles. The van der Waals surface area contributed by atoms with Crippen molar-refractivity contribution in [2.24, 2.45) is 5.41 Å². The molecule has 0 heterocycles. The van der Waals surface area contributed by atoms with Gasteiger partial charge >= 0.3 is 6.09 Å². The molecule has 0 bridgehead atoms. The zero-order valence-electron chi connectivity index (χ0n) is 17.7. The lowest BCUT2D eigenvalue weighted by Gasteiger charge is -2.32. The Balaban J connectivity index is 3.03. The van der Waals surface area contributed by atoms with Gasteiger partial charge in [0.25, 0.3) is 5.91 Å². The minimum absolute atomic E-state index is 0.308. The van der Waals surface area contributed by atoms with E-state index in [1.165, 1.54) is 7.05 Å². The third kappa shape index (κ3) is 7.61. The van der Waals surface area contributed by atoms with Crippen molar-refractivity contribution in [3.05, 3.63) is 11.3 Å². The predicted molar refractivity (Wildman–Crippen MR) is 105 cm³/mol. The smallest absolute Gasteiger partial charge is 0.408 e. The number of carbonyl (C=O) groups excluding carboxylic acids is 3. The number of nitrogens with one attached hydrogen (secondary N) is 3. The fraction of sp³-hybridized carbons (Fsp3) is 0.750. The van der Waals surface area contributed by atoms with Gasteiger partial charge in [-0.15, -0.1) is 0 Å². The molecule has 1 aliphatic rings. The number of hydrogen-bond acceptors (Lipinski definition) is 4. The summed E-state index contributed by atoms with van der Waals surface area (Å²) in [5, 5.41) is 8.02. The number of ether oxygens (including phenoxy) is 1. The second-order valence-corrected chi connectivity index (χ2v) is 9.05. The van der Waals surface area contributed by atoms with Crippen LogP contribution in [0.4, 0.5) is 4.79 Å². The van der Waals surface area contributed by atoms with E-state index in [0.29, 0.717) is 5.70 Å². The Morgan fingerprint density at radius 1 is 0.963 bits per heavy atom. The van der Waals surface area contributed by atoms with Crippen molar-refractivity contribution in [1.29, 1.82) is 0 Å². The first-order valence-electron chi connectivity index (χ1n) is 9.59. The predicted octanol–water partition coefficient (Wildman–Crippen LogP) is 3.01. The molecule has 1 fully saturated rings. The van der Waals surface area contributed by atoms with Gasteiger partial charge in [-0.1, -0.05) is 27.2 Å². The largest absolute Gasteiger partial charge is 0.444 e. The molecular formula is C20H35N3O4. The Morgan fingerprint density at radius 3 is 1.96 bits per heavy atom. The van der Waals surface area contributed by atoms with E-state index in [0.717, 1.165) is 37.7 Å². The lowest BCUT2D eigenvalue weighted by Crippen LogP contribution is -2.55. The average molecular weight is 382 g/mol. The zero-order valence-corrected chi connectivity index (χ0v) is 17.7. The highest BCUT2D eigenvalue weighted by molar-refractivity contribution is 5.99. The van der Waals surface area contributed by atoms with Crippen LogP contribution >= 0.6 is 0 Å². The molecular weight excluding hydrogens is 346 g/mol. The highest BCUT2D eigenvalue weighted by Gasteiger charge is 2.35. The first kappa shape index (κ1) is 23.0. The highest BCUT2D eigenvalue weighted by atomic mass is 16.6. The monoisotopic (exact) mass is 381 g/mol. The molecule has 1 rings (SSSR count). The van der Waals surface area contributed by atoms with Crippen molar-refractivity contribution in [3.63, 3.8) is 0 Å². The van der Waals surface area contributed by atoms with Crippen LogP contribution in [-0.4, -0.2) is 36.6 Å². The van der Waals surface area contributed by atoms with Gasteiger partial charge in [0.1, 0.15) is 17.3 Å². The fourth-order valence-electron chi connectivity index (χ4n) is 2.96. The summed E-state index contributed by atoms with van der Waals surface area (Å²) in [7, 11) is 1.54. The van der Waals surface area contributed by atoms with Crippen molar-refractivity contribution >= 4 is 17.9 Å². The molecule has 0 radical (unpaired) electrons. The van der Waals surface area contributed by atoms with E-state index >= 15 is 0 Å². The van der Waals surface area contributed by atoms with Gasteiger partial charge in [-0.3, -0.25) is 9.59 Å². The first-order valence-corrected chi connectivity index (χ1v) is 9.59. The summed E-state index contributed by atoms with van der Waals surface area (Å²) < 4.78 is 5.28. The standard InChI is InChI=1S/C20H35N3O4/c1-19(2,3)15(23-18(26)27-20(4,5)6)17(25)22-14(16(24)21-7)13-11-9-8-10-12-13/h15H,8-12H2,1-7H3,(H,21,24)(H,22,25)(H,23,26)/t15-/m1/s1. The SMILES string of the molecule is CNC(=O)C(NC(=O)[C@@H](NC(=O)OC(C)(C)C)C(C)(C)C)=C1CCCCC1. The Labute approximate surface area is 162 Å². The summed E-state index contributed by atoms with van der Waals surface area (Å²) >= 11 is 0. The van der Waals surface area contributed by atoms with E-state index in [4.69, 9.17) is 4.74 Å². The summed E-state index contributed by atoms with van der Waals surface area (Å²) in [5.74, 6) is -0.741. The Hall–Kier alpha value is -2.05. The maximum atomic E-state index is 13.0. The molecule has 1 atom stereocenters. The summed E-state index contributed by atoms with van der Waals surface area (Å²) in [5.41, 5.74) is 0.0353. The van der Waals surface area contributed by atoms with Gasteiger partial charge in [0.05, 0.1) is 0 Å². The van der Waals surface area contributed by atoms with E-state index in [1.807, 2.05) is 20.8 Å². The van der Waals surface area contributed by atoms with E-state index in [-0.39, 0.29) is 5.91 Å². The molecule has 3 N–H and O–H groups in total. The van der Waals surface area contributed by atoms with Crippen LogP contribution in [0.3, 0.4) is 0 Å². The van der Waals surface area contributed by atoms with E-state index in [9.17, 15) is 14.4 Å². The van der Waals surface area contributed by atoms with Crippen molar-refractivity contribution in [2.75, 3.05) is 7.05 Å². The molecule has 3 amide bonds. The molecule has 0 aromatic heterocycles. The number of carbonyl (C=O) groups is 3. The lowest BCUT2D eigenvalue weighted by molar-refractivity contribution is -0.127. The Bertz CT molecular complexity index is 589. The summed E-state index contributed by atoms with van der Waals surface area (Å²) in [6, 6.07) is -0.851. The second-order valence-electron chi connectivity index (χ2n) is 9.05. The molecule has 27 heavy (non-hydrogen) atoms. The molecule has 0 aliphatic heterocycles. The van der Waals surface area contributed by atoms with Crippen LogP contribution in [0, 0.1) is 5.41 Å². The zero-order chi connectivity index (χ0) is 20.8. The molecule has 1 aliphatic carbocycles. The van der Waals surface area contributed by atoms with Crippen LogP contribution in [0.15, 0.2) is 11.3 Å². The fourth-order valence-corrected chi connectivity index (χ4v) is 2.96. The Kier molecular flexibility index (Phi) is 7.87. The summed E-state index contributed by atoms with van der Waals surface area (Å²) in [4.78, 5) is 37.5. The van der Waals surface area contributed by atoms with Crippen LogP contribution in [0.2, 0.25) is 0 Å². The third-order valence-corrected chi connectivity index (χ3v) is 4.30. The van der Waals surface area contributed by atoms with Gasteiger partial charge in [-0.05, 0) is 57.4 Å². The van der Waals surface area contributed by atoms with Gasteiger partial charge in [0.2, 0.25) is 5.91 Å². The van der Waals surface area contributed by atoms with Gasteiger partial charge in [-0.25, -0.2) is 4.79 Å². The van der Waals surface area contributed by atoms with Crippen LogP contribution < -0.4 is 16.0 Å². The van der Waals surface area contributed by atoms with Crippen LogP contribution in [0.25, 0.3) is 0 Å². The molecule has 0 saturated heterocycles. The van der Waals surface area contributed by atoms with Crippen LogP contribution in [-0.2, 0) is 14.3 Å². The molecule has 0 aromatic rings. The quantitative estimate of drug-likeness (QED) is 0.652. The average Bonchev–Trinajstić information content (AvgIpc) is 2.55. The van der Waals surface area contributed by atoms with E-state index in [2.05, 4.69) is 16.0 Å². The number of rotatable bonds is 4. The first-order chi connectivity index (χ1) is 12.3. The van der Waals surface area contributed by atoms with Crippen LogP contribution in [0.1, 0.15) is 73.6 Å². The number of alkyl carbamates (subject to hydrolysis) is 1. The molecule has 0 unspecified atom stereocenters.